The number of aliphatic imine (C=N–C) groups is 1. The van der Waals surface area contributed by atoms with E-state index in [1.54, 1.807) is 19.0 Å². The van der Waals surface area contributed by atoms with Crippen LogP contribution in [0.2, 0.25) is 0 Å². The zero-order valence-corrected chi connectivity index (χ0v) is 13.5. The number of allylic oxidation sites excluding steroid dienone is 2. The third-order valence-electron chi connectivity index (χ3n) is 4.04. The van der Waals surface area contributed by atoms with Gasteiger partial charge in [0.05, 0.1) is 0 Å². The van der Waals surface area contributed by atoms with Gasteiger partial charge in [-0.2, -0.15) is 0 Å². The molecule has 1 unspecified atom stereocenters. The second-order valence-electron chi connectivity index (χ2n) is 6.38. The van der Waals surface area contributed by atoms with E-state index in [0.717, 1.165) is 18.9 Å². The van der Waals surface area contributed by atoms with Crippen molar-refractivity contribution in [3.63, 3.8) is 0 Å². The Morgan fingerprint density at radius 2 is 2.00 bits per heavy atom. The molecule has 0 aromatic carbocycles. The Morgan fingerprint density at radius 3 is 2.57 bits per heavy atom. The fourth-order valence-corrected chi connectivity index (χ4v) is 2.47. The van der Waals surface area contributed by atoms with Crippen molar-refractivity contribution < 1.29 is 4.79 Å². The van der Waals surface area contributed by atoms with Crippen molar-refractivity contribution in [3.8, 4) is 0 Å². The minimum atomic E-state index is 0.0408. The van der Waals surface area contributed by atoms with E-state index in [2.05, 4.69) is 34.4 Å². The molecule has 1 fully saturated rings. The van der Waals surface area contributed by atoms with Gasteiger partial charge in [0.15, 0.2) is 5.96 Å². The van der Waals surface area contributed by atoms with Crippen LogP contribution in [-0.4, -0.2) is 61.9 Å². The Balaban J connectivity index is 1.91. The molecular formula is C16H28N4O. The van der Waals surface area contributed by atoms with Gasteiger partial charge in [0, 0.05) is 33.7 Å². The molecule has 2 rings (SSSR count). The number of rotatable bonds is 5. The molecule has 0 saturated heterocycles. The summed E-state index contributed by atoms with van der Waals surface area (Å²) in [5, 5.41) is 3.46. The van der Waals surface area contributed by atoms with Gasteiger partial charge in [-0.1, -0.05) is 12.2 Å². The average Bonchev–Trinajstić information content (AvgIpc) is 3.27. The van der Waals surface area contributed by atoms with Crippen molar-refractivity contribution in [3.05, 3.63) is 12.2 Å². The third kappa shape index (κ3) is 5.40. The fraction of sp³-hybridized carbons (Fsp3) is 0.750. The molecule has 5 nitrogen and oxygen atoms in total. The van der Waals surface area contributed by atoms with Gasteiger partial charge in [-0.05, 0) is 38.0 Å². The number of nitrogens with zero attached hydrogens (tertiary/aromatic N) is 3. The molecule has 118 valence electrons. The second kappa shape index (κ2) is 7.48. The lowest BCUT2D eigenvalue weighted by Crippen LogP contribution is -2.43. The summed E-state index contributed by atoms with van der Waals surface area (Å²) >= 11 is 0. The molecule has 5 heteroatoms. The highest BCUT2D eigenvalue weighted by molar-refractivity contribution is 5.85. The molecule has 2 aliphatic rings. The molecule has 0 aromatic heterocycles. The summed E-state index contributed by atoms with van der Waals surface area (Å²) in [6.07, 6.45) is 10.5. The molecular weight excluding hydrogens is 264 g/mol. The fourth-order valence-electron chi connectivity index (χ4n) is 2.47. The monoisotopic (exact) mass is 292 g/mol. The molecule has 0 bridgehead atoms. The summed E-state index contributed by atoms with van der Waals surface area (Å²) in [5.41, 5.74) is 0. The smallest absolute Gasteiger partial charge is 0.243 e. The molecule has 0 aliphatic heterocycles. The maximum Gasteiger partial charge on any atom is 0.243 e. The number of carbonyl (C=O) groups excluding carboxylic acids is 1. The molecule has 21 heavy (non-hydrogen) atoms. The van der Waals surface area contributed by atoms with Crippen LogP contribution in [-0.2, 0) is 4.79 Å². The van der Waals surface area contributed by atoms with Gasteiger partial charge in [0.25, 0.3) is 0 Å². The molecule has 0 radical (unpaired) electrons. The molecule has 0 aromatic rings. The third-order valence-corrected chi connectivity index (χ3v) is 4.04. The first-order valence-corrected chi connectivity index (χ1v) is 7.93. The molecule has 1 saturated carbocycles. The van der Waals surface area contributed by atoms with Gasteiger partial charge >= 0.3 is 0 Å². The van der Waals surface area contributed by atoms with Gasteiger partial charge in [-0.25, -0.2) is 4.99 Å². The summed E-state index contributed by atoms with van der Waals surface area (Å²) in [6, 6.07) is 0.548. The number of amides is 1. The number of guanidine groups is 1. The standard InChI is InChI=1S/C16H28N4O/c1-19(2)15(21)11-17-16(18-14-9-10-14)20(3)12-13-7-5-4-6-8-13/h4-5,13-14H,6-12H2,1-3H3,(H,17,18). The lowest BCUT2D eigenvalue weighted by atomic mass is 9.94. The molecule has 0 spiro atoms. The quantitative estimate of drug-likeness (QED) is 0.474. The van der Waals surface area contributed by atoms with Crippen LogP contribution in [0.15, 0.2) is 17.1 Å². The van der Waals surface area contributed by atoms with Crippen molar-refractivity contribution >= 4 is 11.9 Å². The SMILES string of the molecule is CN(C)C(=O)CN=C(NC1CC1)N(C)CC1CC=CCC1. The van der Waals surface area contributed by atoms with Crippen molar-refractivity contribution in [2.75, 3.05) is 34.2 Å². The minimum absolute atomic E-state index is 0.0408. The van der Waals surface area contributed by atoms with E-state index < -0.39 is 0 Å². The van der Waals surface area contributed by atoms with Crippen LogP contribution in [0.5, 0.6) is 0 Å². The van der Waals surface area contributed by atoms with E-state index >= 15 is 0 Å². The lowest BCUT2D eigenvalue weighted by Gasteiger charge is -2.28. The molecule has 0 heterocycles. The Morgan fingerprint density at radius 1 is 1.24 bits per heavy atom. The summed E-state index contributed by atoms with van der Waals surface area (Å²) in [5.74, 6) is 1.61. The molecule has 2 aliphatic carbocycles. The van der Waals surface area contributed by atoms with Crippen LogP contribution in [0.1, 0.15) is 32.1 Å². The zero-order chi connectivity index (χ0) is 15.2. The average molecular weight is 292 g/mol. The largest absolute Gasteiger partial charge is 0.354 e. The van der Waals surface area contributed by atoms with Crippen molar-refractivity contribution in [1.82, 2.24) is 15.1 Å². The van der Waals surface area contributed by atoms with Crippen LogP contribution in [0.4, 0.5) is 0 Å². The van der Waals surface area contributed by atoms with E-state index in [0.29, 0.717) is 12.0 Å². The van der Waals surface area contributed by atoms with Gasteiger partial charge in [-0.3, -0.25) is 4.79 Å². The lowest BCUT2D eigenvalue weighted by molar-refractivity contribution is -0.127. The van der Waals surface area contributed by atoms with E-state index in [1.807, 2.05) is 0 Å². The number of likely N-dealkylation sites (N-methyl/N-ethyl adjacent to an activating group) is 1. The van der Waals surface area contributed by atoms with Crippen LogP contribution in [0, 0.1) is 5.92 Å². The highest BCUT2D eigenvalue weighted by atomic mass is 16.2. The summed E-state index contributed by atoms with van der Waals surface area (Å²) < 4.78 is 0. The normalized spacial score (nSPS) is 22.0. The van der Waals surface area contributed by atoms with Crippen molar-refractivity contribution in [1.29, 1.82) is 0 Å². The number of hydrogen-bond donors (Lipinski definition) is 1. The number of hydrogen-bond acceptors (Lipinski definition) is 2. The van der Waals surface area contributed by atoms with Crippen LogP contribution < -0.4 is 5.32 Å². The van der Waals surface area contributed by atoms with Crippen LogP contribution in [0.3, 0.4) is 0 Å². The highest BCUT2D eigenvalue weighted by Crippen LogP contribution is 2.21. The maximum absolute atomic E-state index is 11.7. The summed E-state index contributed by atoms with van der Waals surface area (Å²) in [7, 11) is 5.61. The Kier molecular flexibility index (Phi) is 5.65. The molecule has 1 amide bonds. The van der Waals surface area contributed by atoms with Gasteiger partial charge in [0.1, 0.15) is 6.54 Å². The molecule has 1 N–H and O–H groups in total. The van der Waals surface area contributed by atoms with Gasteiger partial charge < -0.3 is 15.1 Å². The van der Waals surface area contributed by atoms with Crippen LogP contribution >= 0.6 is 0 Å². The Hall–Kier alpha value is -1.52. The van der Waals surface area contributed by atoms with Gasteiger partial charge in [-0.15, -0.1) is 0 Å². The van der Waals surface area contributed by atoms with E-state index in [-0.39, 0.29) is 12.5 Å². The predicted octanol–water partition coefficient (Wildman–Crippen LogP) is 1.47. The summed E-state index contributed by atoms with van der Waals surface area (Å²) in [6.45, 7) is 1.22. The van der Waals surface area contributed by atoms with E-state index in [1.165, 1.54) is 25.7 Å². The number of carbonyl (C=O) groups is 1. The summed E-state index contributed by atoms with van der Waals surface area (Å²) in [4.78, 5) is 20.0. The van der Waals surface area contributed by atoms with Gasteiger partial charge in [0.2, 0.25) is 5.91 Å². The van der Waals surface area contributed by atoms with Crippen molar-refractivity contribution in [2.24, 2.45) is 10.9 Å². The highest BCUT2D eigenvalue weighted by Gasteiger charge is 2.25. The first kappa shape index (κ1) is 15.9. The zero-order valence-electron chi connectivity index (χ0n) is 13.5. The number of nitrogens with one attached hydrogen (secondary N) is 1. The minimum Gasteiger partial charge on any atom is -0.354 e. The van der Waals surface area contributed by atoms with E-state index in [9.17, 15) is 4.79 Å². The van der Waals surface area contributed by atoms with E-state index in [4.69, 9.17) is 0 Å². The first-order valence-electron chi connectivity index (χ1n) is 7.93. The first-order chi connectivity index (χ1) is 10.1. The van der Waals surface area contributed by atoms with Crippen LogP contribution in [0.25, 0.3) is 0 Å². The maximum atomic E-state index is 11.7. The topological polar surface area (TPSA) is 47.9 Å². The van der Waals surface area contributed by atoms with Crippen molar-refractivity contribution in [2.45, 2.75) is 38.1 Å². The Labute approximate surface area is 128 Å². The Bertz CT molecular complexity index is 413. The second-order valence-corrected chi connectivity index (χ2v) is 6.38. The molecule has 1 atom stereocenters. The predicted molar refractivity (Wildman–Crippen MR) is 86.3 cm³/mol.